The Hall–Kier alpha value is -1.25. The summed E-state index contributed by atoms with van der Waals surface area (Å²) in [7, 11) is -0.143. The standard InChI is InChI=1S/C18H30NP.C2H2/c1-8-14-19(16-12-10-9-11-13-16)15-20(17(2,3)4)18(5,6)7;1-2/h8-14H,15H2,1-7H3;1-2H/b14-8-;. The summed E-state index contributed by atoms with van der Waals surface area (Å²) in [5.74, 6) is 0. The first-order valence-corrected chi connectivity index (χ1v) is 9.24. The van der Waals surface area contributed by atoms with E-state index >= 15 is 0 Å². The molecule has 1 aromatic carbocycles. The average molecular weight is 317 g/mol. The van der Waals surface area contributed by atoms with Crippen LogP contribution in [0, 0.1) is 12.8 Å². The average Bonchev–Trinajstić information content (AvgIpc) is 2.44. The maximum atomic E-state index is 4.00. The third-order valence-electron chi connectivity index (χ3n) is 3.33. The number of nitrogens with zero attached hydrogens (tertiary/aromatic N) is 1. The van der Waals surface area contributed by atoms with E-state index in [1.165, 1.54) is 5.69 Å². The normalized spacial score (nSPS) is 12.1. The Morgan fingerprint density at radius 2 is 1.41 bits per heavy atom. The first kappa shape index (κ1) is 20.8. The molecule has 0 fully saturated rings. The highest BCUT2D eigenvalue weighted by atomic mass is 31.1. The molecule has 0 aromatic heterocycles. The van der Waals surface area contributed by atoms with Gasteiger partial charge in [-0.1, -0.05) is 73.7 Å². The molecule has 0 saturated carbocycles. The molecule has 0 bridgehead atoms. The van der Waals surface area contributed by atoms with Crippen molar-refractivity contribution in [2.24, 2.45) is 0 Å². The summed E-state index contributed by atoms with van der Waals surface area (Å²) in [4.78, 5) is 2.40. The van der Waals surface area contributed by atoms with Gasteiger partial charge in [-0.25, -0.2) is 0 Å². The fourth-order valence-corrected chi connectivity index (χ4v) is 6.02. The molecule has 0 saturated heterocycles. The Morgan fingerprint density at radius 1 is 0.955 bits per heavy atom. The smallest absolute Gasteiger partial charge is 0.0431 e. The van der Waals surface area contributed by atoms with E-state index < -0.39 is 0 Å². The van der Waals surface area contributed by atoms with Gasteiger partial charge in [-0.15, -0.1) is 12.8 Å². The van der Waals surface area contributed by atoms with Crippen LogP contribution in [0.4, 0.5) is 5.69 Å². The molecule has 1 rings (SSSR count). The van der Waals surface area contributed by atoms with Gasteiger partial charge in [0.1, 0.15) is 0 Å². The minimum Gasteiger partial charge on any atom is -0.344 e. The first-order chi connectivity index (χ1) is 10.2. The predicted molar refractivity (Wildman–Crippen MR) is 105 cm³/mol. The van der Waals surface area contributed by atoms with Gasteiger partial charge >= 0.3 is 0 Å². The third-order valence-corrected chi connectivity index (χ3v) is 7.16. The van der Waals surface area contributed by atoms with E-state index in [0.29, 0.717) is 10.3 Å². The summed E-state index contributed by atoms with van der Waals surface area (Å²) in [5.41, 5.74) is 1.28. The number of benzene rings is 1. The Kier molecular flexibility index (Phi) is 8.50. The molecular weight excluding hydrogens is 285 g/mol. The molecule has 0 atom stereocenters. The van der Waals surface area contributed by atoms with E-state index in [0.717, 1.165) is 6.29 Å². The van der Waals surface area contributed by atoms with Crippen molar-refractivity contribution in [3.05, 3.63) is 42.6 Å². The van der Waals surface area contributed by atoms with Crippen molar-refractivity contribution in [1.82, 2.24) is 0 Å². The van der Waals surface area contributed by atoms with Crippen molar-refractivity contribution in [3.8, 4) is 12.8 Å². The monoisotopic (exact) mass is 317 g/mol. The molecule has 0 aliphatic rings. The number of anilines is 1. The van der Waals surface area contributed by atoms with E-state index in [2.05, 4.69) is 109 Å². The molecule has 22 heavy (non-hydrogen) atoms. The number of hydrogen-bond acceptors (Lipinski definition) is 1. The van der Waals surface area contributed by atoms with Crippen LogP contribution in [0.3, 0.4) is 0 Å². The molecule has 0 unspecified atom stereocenters. The summed E-state index contributed by atoms with van der Waals surface area (Å²) >= 11 is 0. The van der Waals surface area contributed by atoms with Crippen molar-refractivity contribution >= 4 is 13.6 Å². The van der Waals surface area contributed by atoms with E-state index in [1.54, 1.807) is 0 Å². The minimum absolute atomic E-state index is 0.143. The molecule has 0 amide bonds. The van der Waals surface area contributed by atoms with Gasteiger partial charge in [0.2, 0.25) is 0 Å². The Labute approximate surface area is 139 Å². The van der Waals surface area contributed by atoms with Crippen molar-refractivity contribution in [1.29, 1.82) is 0 Å². The Bertz CT molecular complexity index is 446. The predicted octanol–water partition coefficient (Wildman–Crippen LogP) is 6.31. The molecule has 0 spiro atoms. The van der Waals surface area contributed by atoms with Crippen LogP contribution < -0.4 is 4.90 Å². The number of para-hydroxylation sites is 1. The maximum absolute atomic E-state index is 4.00. The quantitative estimate of drug-likeness (QED) is 0.464. The Morgan fingerprint density at radius 3 is 1.77 bits per heavy atom. The van der Waals surface area contributed by atoms with Gasteiger partial charge in [0.25, 0.3) is 0 Å². The molecule has 0 N–H and O–H groups in total. The zero-order valence-electron chi connectivity index (χ0n) is 15.3. The molecule has 1 aromatic rings. The van der Waals surface area contributed by atoms with Crippen LogP contribution >= 0.6 is 7.92 Å². The molecule has 0 aliphatic heterocycles. The highest BCUT2D eigenvalue weighted by Crippen LogP contribution is 2.59. The first-order valence-electron chi connectivity index (χ1n) is 7.72. The summed E-state index contributed by atoms with van der Waals surface area (Å²) in [6, 6.07) is 10.7. The van der Waals surface area contributed by atoms with Crippen LogP contribution in [-0.2, 0) is 0 Å². The topological polar surface area (TPSA) is 3.24 Å². The zero-order chi connectivity index (χ0) is 17.4. The van der Waals surface area contributed by atoms with Crippen LogP contribution in [0.25, 0.3) is 0 Å². The lowest BCUT2D eigenvalue weighted by atomic mass is 10.2. The lowest BCUT2D eigenvalue weighted by molar-refractivity contribution is 0.702. The molecule has 0 heterocycles. The SMILES string of the molecule is C#C.C/C=C\N(CP(C(C)(C)C)C(C)(C)C)c1ccccc1. The summed E-state index contributed by atoms with van der Waals surface area (Å²) in [6.07, 6.45) is 13.4. The second kappa shape index (κ2) is 9.02. The number of allylic oxidation sites excluding steroid dienone is 1. The van der Waals surface area contributed by atoms with Crippen LogP contribution in [0.2, 0.25) is 0 Å². The second-order valence-corrected chi connectivity index (χ2v) is 11.0. The molecule has 0 radical (unpaired) electrons. The molecular formula is C20H32NP. The van der Waals surface area contributed by atoms with Crippen LogP contribution in [-0.4, -0.2) is 16.6 Å². The van der Waals surface area contributed by atoms with Gasteiger partial charge in [0.15, 0.2) is 0 Å². The van der Waals surface area contributed by atoms with Gasteiger partial charge < -0.3 is 4.90 Å². The van der Waals surface area contributed by atoms with Gasteiger partial charge in [-0.3, -0.25) is 0 Å². The summed E-state index contributed by atoms with van der Waals surface area (Å²) < 4.78 is 0. The highest BCUT2D eigenvalue weighted by Gasteiger charge is 2.35. The lowest BCUT2D eigenvalue weighted by Crippen LogP contribution is -2.31. The van der Waals surface area contributed by atoms with Gasteiger partial charge in [0, 0.05) is 18.2 Å². The molecule has 122 valence electrons. The second-order valence-electron chi connectivity index (χ2n) is 7.20. The van der Waals surface area contributed by atoms with Crippen molar-refractivity contribution in [2.75, 3.05) is 11.2 Å². The van der Waals surface area contributed by atoms with Crippen molar-refractivity contribution in [3.63, 3.8) is 0 Å². The Balaban J connectivity index is 0.00000211. The number of rotatable bonds is 4. The zero-order valence-corrected chi connectivity index (χ0v) is 16.2. The summed E-state index contributed by atoms with van der Waals surface area (Å²) in [5, 5.41) is 0.699. The van der Waals surface area contributed by atoms with E-state index in [-0.39, 0.29) is 7.92 Å². The van der Waals surface area contributed by atoms with Gasteiger partial charge in [-0.05, 0) is 29.4 Å². The largest absolute Gasteiger partial charge is 0.344 e. The van der Waals surface area contributed by atoms with E-state index in [1.807, 2.05) is 0 Å². The molecule has 1 nitrogen and oxygen atoms in total. The van der Waals surface area contributed by atoms with E-state index in [9.17, 15) is 0 Å². The molecule has 2 heteroatoms. The van der Waals surface area contributed by atoms with Gasteiger partial charge in [-0.2, -0.15) is 0 Å². The third kappa shape index (κ3) is 6.67. The number of terminal acetylenes is 1. The van der Waals surface area contributed by atoms with Crippen molar-refractivity contribution < 1.29 is 0 Å². The van der Waals surface area contributed by atoms with Gasteiger partial charge in [0.05, 0.1) is 0 Å². The van der Waals surface area contributed by atoms with Crippen LogP contribution in [0.15, 0.2) is 42.6 Å². The summed E-state index contributed by atoms with van der Waals surface area (Å²) in [6.45, 7) is 16.4. The fraction of sp³-hybridized carbons (Fsp3) is 0.500. The lowest BCUT2D eigenvalue weighted by Gasteiger charge is -2.44. The van der Waals surface area contributed by atoms with Crippen LogP contribution in [0.5, 0.6) is 0 Å². The molecule has 0 aliphatic carbocycles. The van der Waals surface area contributed by atoms with Crippen LogP contribution in [0.1, 0.15) is 48.5 Å². The fourth-order valence-electron chi connectivity index (χ4n) is 2.60. The minimum atomic E-state index is -0.143. The maximum Gasteiger partial charge on any atom is 0.0431 e. The van der Waals surface area contributed by atoms with E-state index in [4.69, 9.17) is 0 Å². The highest BCUT2D eigenvalue weighted by molar-refractivity contribution is 7.60. The van der Waals surface area contributed by atoms with Crippen molar-refractivity contribution in [2.45, 2.75) is 58.8 Å². The number of hydrogen-bond donors (Lipinski definition) is 0.